The van der Waals surface area contributed by atoms with Gasteiger partial charge in [-0.3, -0.25) is 4.79 Å². The zero-order valence-electron chi connectivity index (χ0n) is 19.0. The zero-order chi connectivity index (χ0) is 22.7. The first kappa shape index (κ1) is 19.7. The van der Waals surface area contributed by atoms with Gasteiger partial charge in [-0.05, 0) is 61.7 Å². The van der Waals surface area contributed by atoms with Crippen LogP contribution in [0.3, 0.4) is 0 Å². The van der Waals surface area contributed by atoms with Gasteiger partial charge in [0.2, 0.25) is 0 Å². The van der Waals surface area contributed by atoms with Gasteiger partial charge in [0.05, 0.1) is 22.8 Å². The Balaban J connectivity index is 1.68. The topological polar surface area (TPSA) is 39.8 Å². The molecule has 0 bridgehead atoms. The van der Waals surface area contributed by atoms with Gasteiger partial charge < -0.3 is 9.13 Å². The lowest BCUT2D eigenvalue weighted by Crippen LogP contribution is -2.34. The number of Topliss-reactive ketones (excluding diaryl/α,β-unsaturated/α-hetero) is 1. The van der Waals surface area contributed by atoms with Crippen LogP contribution in [0.1, 0.15) is 44.7 Å². The van der Waals surface area contributed by atoms with E-state index >= 15 is 0 Å². The molecule has 4 nitrogen and oxygen atoms in total. The summed E-state index contributed by atoms with van der Waals surface area (Å²) in [7, 11) is 0. The number of hydrogen-bond acceptors (Lipinski definition) is 2. The molecule has 0 N–H and O–H groups in total. The highest BCUT2D eigenvalue weighted by molar-refractivity contribution is 6.00. The summed E-state index contributed by atoms with van der Waals surface area (Å²) in [5.74, 6) is 1.01. The third kappa shape index (κ3) is 2.98. The Labute approximate surface area is 193 Å². The molecular weight excluding hydrogens is 406 g/mol. The summed E-state index contributed by atoms with van der Waals surface area (Å²) in [4.78, 5) is 19.1. The summed E-state index contributed by atoms with van der Waals surface area (Å²) >= 11 is 0. The molecule has 4 heteroatoms. The Morgan fingerprint density at radius 2 is 1.58 bits per heavy atom. The van der Waals surface area contributed by atoms with E-state index in [0.29, 0.717) is 0 Å². The number of imidazole rings is 1. The Morgan fingerprint density at radius 1 is 0.848 bits per heavy atom. The van der Waals surface area contributed by atoms with Crippen molar-refractivity contribution in [2.24, 2.45) is 0 Å². The standard InChI is InChI=1S/C29H25N3O/c1-18-11-13-21(14-12-18)26-27(28(33)22-8-5-4-6-9-22)31-15-7-10-24(31)29-30-23-16-19(2)20(3)17-25(23)32(26)29/h4-17,26-27H,1-3H3/t26-,27+/m1/s1. The van der Waals surface area contributed by atoms with Crippen molar-refractivity contribution in [3.63, 3.8) is 0 Å². The van der Waals surface area contributed by atoms with E-state index in [1.807, 2.05) is 42.6 Å². The molecule has 162 valence electrons. The number of benzene rings is 3. The van der Waals surface area contributed by atoms with E-state index in [0.717, 1.165) is 33.7 Å². The normalized spacial score (nSPS) is 17.1. The minimum absolute atomic E-state index is 0.106. The summed E-state index contributed by atoms with van der Waals surface area (Å²) in [6.07, 6.45) is 2.02. The Kier molecular flexibility index (Phi) is 4.37. The number of fused-ring (bicyclic) bond motifs is 5. The third-order valence-corrected chi connectivity index (χ3v) is 6.94. The number of nitrogens with zero attached hydrogens (tertiary/aromatic N) is 3. The zero-order valence-corrected chi connectivity index (χ0v) is 19.0. The molecule has 0 amide bonds. The maximum atomic E-state index is 14.0. The average Bonchev–Trinajstić information content (AvgIpc) is 3.44. The van der Waals surface area contributed by atoms with Crippen LogP contribution in [0.15, 0.2) is 85.1 Å². The van der Waals surface area contributed by atoms with Crippen LogP contribution in [-0.4, -0.2) is 19.9 Å². The molecular formula is C29H25N3O. The Morgan fingerprint density at radius 3 is 2.33 bits per heavy atom. The molecule has 0 saturated carbocycles. The average molecular weight is 432 g/mol. The number of ketones is 1. The molecule has 5 aromatic rings. The van der Waals surface area contributed by atoms with Crippen molar-refractivity contribution < 1.29 is 4.79 Å². The van der Waals surface area contributed by atoms with Gasteiger partial charge in [0.25, 0.3) is 0 Å². The number of aryl methyl sites for hydroxylation is 3. The largest absolute Gasteiger partial charge is 0.332 e. The van der Waals surface area contributed by atoms with Crippen molar-refractivity contribution in [2.45, 2.75) is 32.9 Å². The van der Waals surface area contributed by atoms with Crippen LogP contribution in [0, 0.1) is 20.8 Å². The summed E-state index contributed by atoms with van der Waals surface area (Å²) in [5.41, 5.74) is 8.47. The van der Waals surface area contributed by atoms with Crippen LogP contribution >= 0.6 is 0 Å². The van der Waals surface area contributed by atoms with Crippen LogP contribution in [0.2, 0.25) is 0 Å². The first-order chi connectivity index (χ1) is 16.0. The number of rotatable bonds is 3. The molecule has 33 heavy (non-hydrogen) atoms. The molecule has 0 fully saturated rings. The number of hydrogen-bond donors (Lipinski definition) is 0. The molecule has 1 aliphatic rings. The summed E-state index contributed by atoms with van der Waals surface area (Å²) in [6.45, 7) is 6.34. The second-order valence-corrected chi connectivity index (χ2v) is 9.06. The van der Waals surface area contributed by atoms with Crippen molar-refractivity contribution in [1.29, 1.82) is 0 Å². The summed E-state index contributed by atoms with van der Waals surface area (Å²) in [6, 6.07) is 26.0. The van der Waals surface area contributed by atoms with Gasteiger partial charge in [0.15, 0.2) is 11.6 Å². The molecule has 3 heterocycles. The molecule has 0 saturated heterocycles. The number of carbonyl (C=O) groups excluding carboxylic acids is 1. The molecule has 0 spiro atoms. The fourth-order valence-electron chi connectivity index (χ4n) is 5.07. The highest BCUT2D eigenvalue weighted by atomic mass is 16.1. The van der Waals surface area contributed by atoms with Crippen LogP contribution in [0.25, 0.3) is 22.6 Å². The Bertz CT molecular complexity index is 1510. The van der Waals surface area contributed by atoms with Crippen molar-refractivity contribution in [2.75, 3.05) is 0 Å². The van der Waals surface area contributed by atoms with Crippen LogP contribution in [0.4, 0.5) is 0 Å². The van der Waals surface area contributed by atoms with Crippen molar-refractivity contribution >= 4 is 16.8 Å². The van der Waals surface area contributed by atoms with Gasteiger partial charge in [-0.15, -0.1) is 0 Å². The number of aromatic nitrogens is 3. The highest BCUT2D eigenvalue weighted by Crippen LogP contribution is 2.45. The van der Waals surface area contributed by atoms with Gasteiger partial charge in [0, 0.05) is 11.8 Å². The molecule has 0 unspecified atom stereocenters. The molecule has 3 aromatic carbocycles. The predicted molar refractivity (Wildman–Crippen MR) is 132 cm³/mol. The van der Waals surface area contributed by atoms with Crippen molar-refractivity contribution in [3.8, 4) is 11.5 Å². The lowest BCUT2D eigenvalue weighted by molar-refractivity contribution is 0.0895. The molecule has 2 aromatic heterocycles. The van der Waals surface area contributed by atoms with E-state index in [1.165, 1.54) is 16.7 Å². The van der Waals surface area contributed by atoms with Crippen LogP contribution in [0.5, 0.6) is 0 Å². The minimum atomic E-state index is -0.411. The van der Waals surface area contributed by atoms with Gasteiger partial charge >= 0.3 is 0 Å². The molecule has 0 aliphatic carbocycles. The monoisotopic (exact) mass is 431 g/mol. The fourth-order valence-corrected chi connectivity index (χ4v) is 5.07. The molecule has 2 atom stereocenters. The highest BCUT2D eigenvalue weighted by Gasteiger charge is 2.40. The van der Waals surface area contributed by atoms with E-state index in [9.17, 15) is 4.79 Å². The summed E-state index contributed by atoms with van der Waals surface area (Å²) < 4.78 is 4.40. The maximum absolute atomic E-state index is 14.0. The first-order valence-electron chi connectivity index (χ1n) is 11.3. The Hall–Kier alpha value is -3.92. The number of carbonyl (C=O) groups is 1. The van der Waals surface area contributed by atoms with Gasteiger partial charge in [-0.25, -0.2) is 4.98 Å². The van der Waals surface area contributed by atoms with E-state index in [-0.39, 0.29) is 11.8 Å². The first-order valence-corrected chi connectivity index (χ1v) is 11.3. The fraction of sp³-hybridized carbons (Fsp3) is 0.172. The van der Waals surface area contributed by atoms with E-state index in [1.54, 1.807) is 0 Å². The maximum Gasteiger partial charge on any atom is 0.188 e. The minimum Gasteiger partial charge on any atom is -0.332 e. The smallest absolute Gasteiger partial charge is 0.188 e. The van der Waals surface area contributed by atoms with Crippen LogP contribution < -0.4 is 0 Å². The second kappa shape index (κ2) is 7.31. The summed E-state index contributed by atoms with van der Waals surface area (Å²) in [5, 5.41) is 0. The third-order valence-electron chi connectivity index (χ3n) is 6.94. The van der Waals surface area contributed by atoms with Crippen molar-refractivity contribution in [3.05, 3.63) is 113 Å². The predicted octanol–water partition coefficient (Wildman–Crippen LogP) is 6.46. The molecule has 6 rings (SSSR count). The van der Waals surface area contributed by atoms with E-state index in [2.05, 4.69) is 72.4 Å². The van der Waals surface area contributed by atoms with Gasteiger partial charge in [-0.2, -0.15) is 0 Å². The lowest BCUT2D eigenvalue weighted by atomic mass is 9.89. The van der Waals surface area contributed by atoms with E-state index < -0.39 is 6.04 Å². The molecule has 1 aliphatic heterocycles. The SMILES string of the molecule is Cc1ccc([C@@H]2[C@@H](C(=O)c3ccccc3)n3cccc3-c3nc4cc(C)c(C)cc4n32)cc1. The second-order valence-electron chi connectivity index (χ2n) is 9.06. The van der Waals surface area contributed by atoms with Gasteiger partial charge in [0.1, 0.15) is 6.04 Å². The quantitative estimate of drug-likeness (QED) is 0.308. The lowest BCUT2D eigenvalue weighted by Gasteiger charge is -2.36. The van der Waals surface area contributed by atoms with Crippen molar-refractivity contribution in [1.82, 2.24) is 14.1 Å². The van der Waals surface area contributed by atoms with Crippen LogP contribution in [-0.2, 0) is 0 Å². The van der Waals surface area contributed by atoms with E-state index in [4.69, 9.17) is 4.98 Å². The molecule has 0 radical (unpaired) electrons. The van der Waals surface area contributed by atoms with Gasteiger partial charge in [-0.1, -0.05) is 60.2 Å².